The Morgan fingerprint density at radius 1 is 0.611 bits per heavy atom. The molecular formula is C30H24Cl2O4. The van der Waals surface area contributed by atoms with Crippen LogP contribution in [0.3, 0.4) is 0 Å². The van der Waals surface area contributed by atoms with E-state index in [9.17, 15) is 9.59 Å². The second-order valence-corrected chi connectivity index (χ2v) is 9.40. The molecule has 6 heteroatoms. The normalized spacial score (nSPS) is 11.1. The molecule has 0 atom stereocenters. The number of carbonyl (C=O) groups is 2. The lowest BCUT2D eigenvalue weighted by Gasteiger charge is -2.30. The van der Waals surface area contributed by atoms with Crippen LogP contribution in [0, 0.1) is 0 Å². The summed E-state index contributed by atoms with van der Waals surface area (Å²) in [6.45, 7) is 4.26. The van der Waals surface area contributed by atoms with Crippen LogP contribution in [0.4, 0.5) is 0 Å². The Labute approximate surface area is 220 Å². The molecule has 0 saturated heterocycles. The number of esters is 2. The average Bonchev–Trinajstić information content (AvgIpc) is 2.90. The maximum Gasteiger partial charge on any atom is 0.343 e. The van der Waals surface area contributed by atoms with E-state index in [4.69, 9.17) is 32.7 Å². The van der Waals surface area contributed by atoms with Gasteiger partial charge in [-0.15, -0.1) is 0 Å². The minimum Gasteiger partial charge on any atom is -0.423 e. The third-order valence-electron chi connectivity index (χ3n) is 6.27. The van der Waals surface area contributed by atoms with E-state index in [0.717, 1.165) is 17.5 Å². The summed E-state index contributed by atoms with van der Waals surface area (Å²) in [6, 6.07) is 28.1. The molecule has 36 heavy (non-hydrogen) atoms. The summed E-state index contributed by atoms with van der Waals surface area (Å²) >= 11 is 11.8. The summed E-state index contributed by atoms with van der Waals surface area (Å²) in [6.07, 6.45) is 0.834. The largest absolute Gasteiger partial charge is 0.423 e. The van der Waals surface area contributed by atoms with E-state index in [1.165, 1.54) is 0 Å². The standard InChI is InChI=1S/C30H24Cl2O4/c1-3-30(2,22-8-16-26(17-9-22)35-28(33)20-4-12-24(31)13-5-20)23-10-18-27(19-11-23)36-29(34)21-6-14-25(32)15-7-21/h4-19H,3H2,1-2H3. The van der Waals surface area contributed by atoms with E-state index < -0.39 is 11.9 Å². The molecule has 4 aromatic carbocycles. The van der Waals surface area contributed by atoms with E-state index in [0.29, 0.717) is 32.7 Å². The minimum atomic E-state index is -0.443. The SMILES string of the molecule is CCC(C)(c1ccc(OC(=O)c2ccc(Cl)cc2)cc1)c1ccc(OC(=O)c2ccc(Cl)cc2)cc1. The summed E-state index contributed by atoms with van der Waals surface area (Å²) in [7, 11) is 0. The summed E-state index contributed by atoms with van der Waals surface area (Å²) in [5, 5.41) is 1.12. The van der Waals surface area contributed by atoms with Gasteiger partial charge in [-0.1, -0.05) is 61.3 Å². The van der Waals surface area contributed by atoms with Crippen LogP contribution in [0.25, 0.3) is 0 Å². The molecular weight excluding hydrogens is 495 g/mol. The van der Waals surface area contributed by atoms with Gasteiger partial charge in [-0.2, -0.15) is 0 Å². The highest BCUT2D eigenvalue weighted by Gasteiger charge is 2.27. The van der Waals surface area contributed by atoms with Crippen LogP contribution in [-0.4, -0.2) is 11.9 Å². The van der Waals surface area contributed by atoms with Crippen LogP contribution >= 0.6 is 23.2 Å². The highest BCUT2D eigenvalue weighted by molar-refractivity contribution is 6.31. The van der Waals surface area contributed by atoms with Crippen LogP contribution in [0.5, 0.6) is 11.5 Å². The van der Waals surface area contributed by atoms with Gasteiger partial charge >= 0.3 is 11.9 Å². The molecule has 0 heterocycles. The predicted molar refractivity (Wildman–Crippen MR) is 142 cm³/mol. The van der Waals surface area contributed by atoms with Gasteiger partial charge < -0.3 is 9.47 Å². The van der Waals surface area contributed by atoms with Gasteiger partial charge in [-0.3, -0.25) is 0 Å². The molecule has 0 fully saturated rings. The molecule has 0 amide bonds. The number of hydrogen-bond donors (Lipinski definition) is 0. The topological polar surface area (TPSA) is 52.6 Å². The number of rotatable bonds is 7. The smallest absolute Gasteiger partial charge is 0.343 e. The van der Waals surface area contributed by atoms with Gasteiger partial charge in [0.05, 0.1) is 11.1 Å². The van der Waals surface area contributed by atoms with Gasteiger partial charge in [0.2, 0.25) is 0 Å². The molecule has 182 valence electrons. The van der Waals surface area contributed by atoms with Crippen LogP contribution in [-0.2, 0) is 5.41 Å². The van der Waals surface area contributed by atoms with Crippen LogP contribution in [0.2, 0.25) is 10.0 Å². The molecule has 0 aliphatic rings. The van der Waals surface area contributed by atoms with E-state index in [-0.39, 0.29) is 5.41 Å². The van der Waals surface area contributed by atoms with Crippen molar-refractivity contribution in [3.8, 4) is 11.5 Å². The molecule has 0 radical (unpaired) electrons. The number of benzene rings is 4. The van der Waals surface area contributed by atoms with Crippen molar-refractivity contribution in [1.29, 1.82) is 0 Å². The van der Waals surface area contributed by atoms with Crippen molar-refractivity contribution in [3.63, 3.8) is 0 Å². The van der Waals surface area contributed by atoms with Crippen LogP contribution < -0.4 is 9.47 Å². The number of hydrogen-bond acceptors (Lipinski definition) is 4. The fourth-order valence-electron chi connectivity index (χ4n) is 3.86. The zero-order valence-electron chi connectivity index (χ0n) is 19.8. The van der Waals surface area contributed by atoms with E-state index >= 15 is 0 Å². The number of ether oxygens (including phenoxy) is 2. The Balaban J connectivity index is 1.46. The predicted octanol–water partition coefficient (Wildman–Crippen LogP) is 8.15. The van der Waals surface area contributed by atoms with E-state index in [1.807, 2.05) is 24.3 Å². The first kappa shape index (κ1) is 25.5. The van der Waals surface area contributed by atoms with Crippen LogP contribution in [0.1, 0.15) is 52.1 Å². The van der Waals surface area contributed by atoms with Gasteiger partial charge in [-0.25, -0.2) is 9.59 Å². The molecule has 0 aliphatic carbocycles. The Bertz CT molecular complexity index is 1240. The molecule has 0 N–H and O–H groups in total. The maximum absolute atomic E-state index is 12.4. The lowest BCUT2D eigenvalue weighted by atomic mass is 9.74. The molecule has 4 rings (SSSR count). The maximum atomic E-state index is 12.4. The highest BCUT2D eigenvalue weighted by Crippen LogP contribution is 2.36. The van der Waals surface area contributed by atoms with Crippen LogP contribution in [0.15, 0.2) is 97.1 Å². The Morgan fingerprint density at radius 2 is 0.944 bits per heavy atom. The third kappa shape index (κ3) is 5.78. The minimum absolute atomic E-state index is 0.294. The zero-order valence-corrected chi connectivity index (χ0v) is 21.3. The monoisotopic (exact) mass is 518 g/mol. The van der Waals surface area contributed by atoms with Gasteiger partial charge in [0.25, 0.3) is 0 Å². The molecule has 0 bridgehead atoms. The molecule has 0 aromatic heterocycles. The Hall–Kier alpha value is -3.60. The fraction of sp³-hybridized carbons (Fsp3) is 0.133. The number of carbonyl (C=O) groups excluding carboxylic acids is 2. The second kappa shape index (κ2) is 11.0. The first-order chi connectivity index (χ1) is 17.3. The van der Waals surface area contributed by atoms with Gasteiger partial charge in [0.1, 0.15) is 11.5 Å². The summed E-state index contributed by atoms with van der Waals surface area (Å²) < 4.78 is 11.0. The Kier molecular flexibility index (Phi) is 7.78. The highest BCUT2D eigenvalue weighted by atomic mass is 35.5. The zero-order chi connectivity index (χ0) is 25.7. The first-order valence-corrected chi connectivity index (χ1v) is 12.2. The van der Waals surface area contributed by atoms with Crippen molar-refractivity contribution in [2.45, 2.75) is 25.7 Å². The molecule has 4 nitrogen and oxygen atoms in total. The van der Waals surface area contributed by atoms with Crippen molar-refractivity contribution in [1.82, 2.24) is 0 Å². The van der Waals surface area contributed by atoms with Crippen molar-refractivity contribution in [2.75, 3.05) is 0 Å². The van der Waals surface area contributed by atoms with E-state index in [1.54, 1.807) is 72.8 Å². The lowest BCUT2D eigenvalue weighted by molar-refractivity contribution is 0.0725. The van der Waals surface area contributed by atoms with E-state index in [2.05, 4.69) is 13.8 Å². The Morgan fingerprint density at radius 3 is 1.25 bits per heavy atom. The molecule has 0 spiro atoms. The van der Waals surface area contributed by atoms with Crippen molar-refractivity contribution < 1.29 is 19.1 Å². The fourth-order valence-corrected chi connectivity index (χ4v) is 4.11. The van der Waals surface area contributed by atoms with Crippen molar-refractivity contribution >= 4 is 35.1 Å². The number of halogens is 2. The van der Waals surface area contributed by atoms with Gasteiger partial charge in [0.15, 0.2) is 0 Å². The van der Waals surface area contributed by atoms with Gasteiger partial charge in [-0.05, 0) is 90.3 Å². The van der Waals surface area contributed by atoms with Crippen molar-refractivity contribution in [3.05, 3.63) is 129 Å². The third-order valence-corrected chi connectivity index (χ3v) is 6.77. The van der Waals surface area contributed by atoms with Crippen molar-refractivity contribution in [2.24, 2.45) is 0 Å². The van der Waals surface area contributed by atoms with Gasteiger partial charge in [0, 0.05) is 15.5 Å². The quantitative estimate of drug-likeness (QED) is 0.183. The molecule has 0 saturated carbocycles. The average molecular weight is 519 g/mol. The molecule has 4 aromatic rings. The summed E-state index contributed by atoms with van der Waals surface area (Å²) in [5.41, 5.74) is 2.71. The molecule has 0 aliphatic heterocycles. The lowest BCUT2D eigenvalue weighted by Crippen LogP contribution is -2.22. The second-order valence-electron chi connectivity index (χ2n) is 8.53. The first-order valence-electron chi connectivity index (χ1n) is 11.4. The summed E-state index contributed by atoms with van der Waals surface area (Å²) in [4.78, 5) is 24.8. The summed E-state index contributed by atoms with van der Waals surface area (Å²) in [5.74, 6) is 0.0334. The molecule has 0 unspecified atom stereocenters.